The molecule has 3 rings (SSSR count). The minimum Gasteiger partial charge on any atom is -0.464 e. The van der Waals surface area contributed by atoms with Crippen LogP contribution in [0.1, 0.15) is 12.0 Å². The molecule has 3 nitrogen and oxygen atoms in total. The van der Waals surface area contributed by atoms with Crippen LogP contribution in [0.3, 0.4) is 0 Å². The van der Waals surface area contributed by atoms with E-state index < -0.39 is 0 Å². The summed E-state index contributed by atoms with van der Waals surface area (Å²) in [4.78, 5) is 13.7. The molecule has 2 aromatic rings. The summed E-state index contributed by atoms with van der Waals surface area (Å²) in [6.45, 7) is 1.43. The van der Waals surface area contributed by atoms with Crippen LogP contribution in [-0.4, -0.2) is 37.1 Å². The lowest BCUT2D eigenvalue weighted by atomic mass is 10.0. The first-order chi connectivity index (χ1) is 9.75. The Morgan fingerprint density at radius 2 is 2.00 bits per heavy atom. The third-order valence-corrected chi connectivity index (χ3v) is 4.05. The van der Waals surface area contributed by atoms with Crippen LogP contribution in [0, 0.1) is 0 Å². The van der Waals surface area contributed by atoms with Crippen LogP contribution in [0.2, 0.25) is 0 Å². The zero-order chi connectivity index (χ0) is 13.9. The Morgan fingerprint density at radius 3 is 2.80 bits per heavy atom. The highest BCUT2D eigenvalue weighted by atomic mass is 16.5. The van der Waals surface area contributed by atoms with Crippen LogP contribution in [0.15, 0.2) is 42.5 Å². The average molecular weight is 269 g/mol. The summed E-state index contributed by atoms with van der Waals surface area (Å²) in [6, 6.07) is 14.8. The molecule has 1 aliphatic rings. The van der Waals surface area contributed by atoms with E-state index in [0.29, 0.717) is 6.61 Å². The fourth-order valence-corrected chi connectivity index (χ4v) is 2.85. The Balaban J connectivity index is 1.72. The zero-order valence-corrected chi connectivity index (χ0v) is 11.7. The fourth-order valence-electron chi connectivity index (χ4n) is 2.85. The van der Waals surface area contributed by atoms with Gasteiger partial charge in [0.1, 0.15) is 6.04 Å². The van der Waals surface area contributed by atoms with Crippen molar-refractivity contribution < 1.29 is 9.53 Å². The van der Waals surface area contributed by atoms with Crippen molar-refractivity contribution in [2.45, 2.75) is 18.9 Å². The van der Waals surface area contributed by atoms with Crippen molar-refractivity contribution in [3.63, 3.8) is 0 Å². The van der Waals surface area contributed by atoms with E-state index in [1.807, 2.05) is 7.05 Å². The normalized spacial score (nSPS) is 18.7. The Hall–Kier alpha value is -1.87. The molecular weight excluding hydrogens is 250 g/mol. The lowest BCUT2D eigenvalue weighted by Crippen LogP contribution is -2.36. The number of rotatable bonds is 4. The van der Waals surface area contributed by atoms with Gasteiger partial charge in [0.2, 0.25) is 0 Å². The van der Waals surface area contributed by atoms with E-state index >= 15 is 0 Å². The van der Waals surface area contributed by atoms with Gasteiger partial charge in [0.25, 0.3) is 0 Å². The lowest BCUT2D eigenvalue weighted by molar-refractivity contribution is -0.141. The third kappa shape index (κ3) is 2.54. The smallest absolute Gasteiger partial charge is 0.323 e. The third-order valence-electron chi connectivity index (χ3n) is 4.05. The van der Waals surface area contributed by atoms with Gasteiger partial charge < -0.3 is 4.74 Å². The summed E-state index contributed by atoms with van der Waals surface area (Å²) in [5, 5.41) is 2.57. The highest BCUT2D eigenvalue weighted by molar-refractivity contribution is 5.85. The van der Waals surface area contributed by atoms with Gasteiger partial charge in [-0.15, -0.1) is 0 Å². The van der Waals surface area contributed by atoms with Gasteiger partial charge in [0, 0.05) is 13.0 Å². The summed E-state index contributed by atoms with van der Waals surface area (Å²) in [7, 11) is 2.00. The molecule has 0 saturated carbocycles. The topological polar surface area (TPSA) is 29.5 Å². The number of carbonyl (C=O) groups is 1. The maximum Gasteiger partial charge on any atom is 0.323 e. The van der Waals surface area contributed by atoms with Crippen LogP contribution < -0.4 is 0 Å². The summed E-state index contributed by atoms with van der Waals surface area (Å²) >= 11 is 0. The summed E-state index contributed by atoms with van der Waals surface area (Å²) < 4.78 is 5.03. The number of esters is 1. The van der Waals surface area contributed by atoms with Gasteiger partial charge in [-0.05, 0) is 29.8 Å². The van der Waals surface area contributed by atoms with Crippen LogP contribution in [0.25, 0.3) is 10.8 Å². The molecule has 3 heteroatoms. The molecule has 0 aliphatic carbocycles. The molecular formula is C17H19NO2. The van der Waals surface area contributed by atoms with Crippen LogP contribution in [0.4, 0.5) is 0 Å². The average Bonchev–Trinajstić information content (AvgIpc) is 2.91. The number of benzene rings is 2. The van der Waals surface area contributed by atoms with E-state index in [-0.39, 0.29) is 12.0 Å². The highest BCUT2D eigenvalue weighted by Crippen LogP contribution is 2.20. The Bertz CT molecular complexity index is 618. The molecule has 0 radical (unpaired) electrons. The zero-order valence-electron chi connectivity index (χ0n) is 11.7. The quantitative estimate of drug-likeness (QED) is 0.799. The molecule has 0 spiro atoms. The Kier molecular flexibility index (Phi) is 3.70. The first kappa shape index (κ1) is 13.1. The molecule has 20 heavy (non-hydrogen) atoms. The van der Waals surface area contributed by atoms with Crippen LogP contribution in [0.5, 0.6) is 0 Å². The number of carbonyl (C=O) groups excluding carboxylic acids is 1. The van der Waals surface area contributed by atoms with E-state index in [4.69, 9.17) is 4.74 Å². The molecule has 0 N–H and O–H groups in total. The first-order valence-corrected chi connectivity index (χ1v) is 7.09. The number of cyclic esters (lactones) is 1. The number of hydrogen-bond donors (Lipinski definition) is 0. The number of ether oxygens (including phenoxy) is 1. The molecule has 0 aromatic heterocycles. The SMILES string of the molecule is CN(CCc1cccc2ccccc12)[C@H]1CCOC1=O. The minimum atomic E-state index is -0.0783. The number of nitrogens with zero attached hydrogens (tertiary/aromatic N) is 1. The van der Waals surface area contributed by atoms with Gasteiger partial charge in [0.15, 0.2) is 0 Å². The largest absolute Gasteiger partial charge is 0.464 e. The van der Waals surface area contributed by atoms with Gasteiger partial charge in [0.05, 0.1) is 6.61 Å². The predicted octanol–water partition coefficient (Wildman–Crippen LogP) is 2.63. The number of hydrogen-bond acceptors (Lipinski definition) is 3. The van der Waals surface area contributed by atoms with Crippen molar-refractivity contribution in [3.8, 4) is 0 Å². The molecule has 2 aromatic carbocycles. The Morgan fingerprint density at radius 1 is 1.20 bits per heavy atom. The molecule has 1 heterocycles. The molecule has 0 amide bonds. The molecule has 1 fully saturated rings. The Labute approximate surface area is 119 Å². The van der Waals surface area contributed by atoms with Crippen molar-refractivity contribution >= 4 is 16.7 Å². The minimum absolute atomic E-state index is 0.0648. The molecule has 0 bridgehead atoms. The van der Waals surface area contributed by atoms with Gasteiger partial charge in [-0.2, -0.15) is 0 Å². The molecule has 1 saturated heterocycles. The maximum absolute atomic E-state index is 11.6. The van der Waals surface area contributed by atoms with Crippen LogP contribution in [-0.2, 0) is 16.0 Å². The molecule has 1 atom stereocenters. The second-order valence-electron chi connectivity index (χ2n) is 5.34. The van der Waals surface area contributed by atoms with Gasteiger partial charge >= 0.3 is 5.97 Å². The lowest BCUT2D eigenvalue weighted by Gasteiger charge is -2.21. The van der Waals surface area contributed by atoms with E-state index in [9.17, 15) is 4.79 Å². The van der Waals surface area contributed by atoms with E-state index in [1.54, 1.807) is 0 Å². The predicted molar refractivity (Wildman–Crippen MR) is 79.6 cm³/mol. The number of fused-ring (bicyclic) bond motifs is 1. The molecule has 104 valence electrons. The van der Waals surface area contributed by atoms with Crippen LogP contribution >= 0.6 is 0 Å². The van der Waals surface area contributed by atoms with E-state index in [1.165, 1.54) is 16.3 Å². The number of likely N-dealkylation sites (N-methyl/N-ethyl adjacent to an activating group) is 1. The second-order valence-corrected chi connectivity index (χ2v) is 5.34. The first-order valence-electron chi connectivity index (χ1n) is 7.09. The fraction of sp³-hybridized carbons (Fsp3) is 0.353. The van der Waals surface area contributed by atoms with Gasteiger partial charge in [-0.3, -0.25) is 9.69 Å². The van der Waals surface area contributed by atoms with Crippen molar-refractivity contribution in [1.29, 1.82) is 0 Å². The molecule has 1 aliphatic heterocycles. The summed E-state index contributed by atoms with van der Waals surface area (Å²) in [5.74, 6) is -0.0783. The van der Waals surface area contributed by atoms with Crippen molar-refractivity contribution in [1.82, 2.24) is 4.90 Å². The van der Waals surface area contributed by atoms with E-state index in [2.05, 4.69) is 47.4 Å². The van der Waals surface area contributed by atoms with Gasteiger partial charge in [-0.1, -0.05) is 42.5 Å². The van der Waals surface area contributed by atoms with Crippen molar-refractivity contribution in [3.05, 3.63) is 48.0 Å². The highest BCUT2D eigenvalue weighted by Gasteiger charge is 2.29. The summed E-state index contributed by atoms with van der Waals surface area (Å²) in [5.41, 5.74) is 1.33. The van der Waals surface area contributed by atoms with Crippen molar-refractivity contribution in [2.24, 2.45) is 0 Å². The maximum atomic E-state index is 11.6. The monoisotopic (exact) mass is 269 g/mol. The molecule has 0 unspecified atom stereocenters. The second kappa shape index (κ2) is 5.63. The van der Waals surface area contributed by atoms with Gasteiger partial charge in [-0.25, -0.2) is 0 Å². The standard InChI is InChI=1S/C17H19NO2/c1-18(16-10-12-20-17(16)19)11-9-14-7-4-6-13-5-2-3-8-15(13)14/h2-8,16H,9-12H2,1H3/t16-/m0/s1. The summed E-state index contributed by atoms with van der Waals surface area (Å²) in [6.07, 6.45) is 1.76. The van der Waals surface area contributed by atoms with Crippen molar-refractivity contribution in [2.75, 3.05) is 20.2 Å². The van der Waals surface area contributed by atoms with E-state index in [0.717, 1.165) is 19.4 Å².